The van der Waals surface area contributed by atoms with Gasteiger partial charge >= 0.3 is 0 Å². The molecule has 0 aliphatic carbocycles. The molecule has 1 fully saturated rings. The number of hydrogen-bond acceptors (Lipinski definition) is 4. The van der Waals surface area contributed by atoms with Crippen LogP contribution >= 0.6 is 0 Å². The topological polar surface area (TPSA) is 47.9 Å². The molecule has 1 saturated heterocycles. The zero-order valence-corrected chi connectivity index (χ0v) is 11.8. The van der Waals surface area contributed by atoms with Crippen LogP contribution in [0.15, 0.2) is 18.2 Å². The molecule has 1 atom stereocenters. The molecule has 1 N–H and O–H groups in total. The van der Waals surface area contributed by atoms with Crippen molar-refractivity contribution in [3.63, 3.8) is 0 Å². The normalized spacial score (nSPS) is 20.1. The second-order valence-corrected chi connectivity index (χ2v) is 5.38. The van der Waals surface area contributed by atoms with E-state index in [0.29, 0.717) is 18.1 Å². The largest absolute Gasteiger partial charge is 0.493 e. The number of aliphatic hydroxyl groups is 1. The van der Waals surface area contributed by atoms with Crippen LogP contribution < -0.4 is 9.47 Å². The van der Waals surface area contributed by atoms with Gasteiger partial charge in [0.1, 0.15) is 6.10 Å². The molecule has 1 aromatic carbocycles. The van der Waals surface area contributed by atoms with E-state index in [1.54, 1.807) is 21.0 Å². The van der Waals surface area contributed by atoms with E-state index >= 15 is 0 Å². The summed E-state index contributed by atoms with van der Waals surface area (Å²) in [7, 11) is 1.60. The smallest absolute Gasteiger partial charge is 0.161 e. The van der Waals surface area contributed by atoms with Gasteiger partial charge in [-0.2, -0.15) is 0 Å². The minimum absolute atomic E-state index is 0.0793. The summed E-state index contributed by atoms with van der Waals surface area (Å²) in [5.41, 5.74) is -0.0867. The first-order valence-corrected chi connectivity index (χ1v) is 6.66. The Balaban J connectivity index is 2.16. The highest BCUT2D eigenvalue weighted by Gasteiger charge is 2.21. The SMILES string of the molecule is COc1cc(C(C)(C)O)ccc1OC1CCCOC1. The fourth-order valence-corrected chi connectivity index (χ4v) is 2.13. The van der Waals surface area contributed by atoms with Crippen molar-refractivity contribution < 1.29 is 19.3 Å². The molecule has 0 saturated carbocycles. The van der Waals surface area contributed by atoms with E-state index in [9.17, 15) is 5.11 Å². The highest BCUT2D eigenvalue weighted by Crippen LogP contribution is 2.33. The molecule has 4 heteroatoms. The number of rotatable bonds is 4. The van der Waals surface area contributed by atoms with Crippen LogP contribution in [0, 0.1) is 0 Å². The molecule has 1 aliphatic rings. The maximum atomic E-state index is 10.0. The average molecular weight is 266 g/mol. The van der Waals surface area contributed by atoms with E-state index in [0.717, 1.165) is 25.0 Å². The first-order chi connectivity index (χ1) is 9.00. The predicted octanol–water partition coefficient (Wildman–Crippen LogP) is 2.48. The quantitative estimate of drug-likeness (QED) is 0.909. The first-order valence-electron chi connectivity index (χ1n) is 6.66. The van der Waals surface area contributed by atoms with E-state index in [2.05, 4.69) is 0 Å². The van der Waals surface area contributed by atoms with Crippen molar-refractivity contribution in [2.24, 2.45) is 0 Å². The molecule has 0 amide bonds. The highest BCUT2D eigenvalue weighted by molar-refractivity contribution is 5.44. The summed E-state index contributed by atoms with van der Waals surface area (Å²) in [5, 5.41) is 10.0. The zero-order chi connectivity index (χ0) is 13.9. The lowest BCUT2D eigenvalue weighted by Crippen LogP contribution is -2.28. The van der Waals surface area contributed by atoms with Crippen molar-refractivity contribution in [3.05, 3.63) is 23.8 Å². The van der Waals surface area contributed by atoms with E-state index < -0.39 is 5.60 Å². The van der Waals surface area contributed by atoms with Gasteiger partial charge in [-0.3, -0.25) is 0 Å². The molecule has 0 radical (unpaired) electrons. The van der Waals surface area contributed by atoms with Crippen LogP contribution in [0.3, 0.4) is 0 Å². The van der Waals surface area contributed by atoms with Gasteiger partial charge in [0, 0.05) is 6.61 Å². The summed E-state index contributed by atoms with van der Waals surface area (Å²) in [6.45, 7) is 4.93. The fourth-order valence-electron chi connectivity index (χ4n) is 2.13. The van der Waals surface area contributed by atoms with Crippen molar-refractivity contribution in [3.8, 4) is 11.5 Å². The van der Waals surface area contributed by atoms with Gasteiger partial charge < -0.3 is 19.3 Å². The lowest BCUT2D eigenvalue weighted by atomic mass is 9.98. The average Bonchev–Trinajstić information content (AvgIpc) is 2.39. The van der Waals surface area contributed by atoms with Crippen LogP contribution in [0.1, 0.15) is 32.3 Å². The maximum Gasteiger partial charge on any atom is 0.161 e. The third-order valence-electron chi connectivity index (χ3n) is 3.28. The summed E-state index contributed by atoms with van der Waals surface area (Å²) in [4.78, 5) is 0. The van der Waals surface area contributed by atoms with Crippen LogP contribution in [0.4, 0.5) is 0 Å². The van der Waals surface area contributed by atoms with Gasteiger partial charge in [0.2, 0.25) is 0 Å². The molecular formula is C15H22O4. The lowest BCUT2D eigenvalue weighted by Gasteiger charge is -2.25. The minimum Gasteiger partial charge on any atom is -0.493 e. The molecule has 1 aromatic rings. The molecule has 1 heterocycles. The van der Waals surface area contributed by atoms with Crippen LogP contribution in [-0.4, -0.2) is 31.5 Å². The number of hydrogen-bond donors (Lipinski definition) is 1. The Hall–Kier alpha value is -1.26. The Morgan fingerprint density at radius 2 is 2.11 bits per heavy atom. The van der Waals surface area contributed by atoms with Crippen LogP contribution in [0.2, 0.25) is 0 Å². The van der Waals surface area contributed by atoms with Crippen molar-refractivity contribution in [2.45, 2.75) is 38.4 Å². The van der Waals surface area contributed by atoms with Crippen LogP contribution in [0.5, 0.6) is 11.5 Å². The third kappa shape index (κ3) is 3.61. The minimum atomic E-state index is -0.889. The van der Waals surface area contributed by atoms with Crippen molar-refractivity contribution in [1.29, 1.82) is 0 Å². The molecule has 0 spiro atoms. The molecule has 0 aromatic heterocycles. The highest BCUT2D eigenvalue weighted by atomic mass is 16.5. The molecule has 4 nitrogen and oxygen atoms in total. The first kappa shape index (κ1) is 14.2. The van der Waals surface area contributed by atoms with E-state index in [1.165, 1.54) is 0 Å². The van der Waals surface area contributed by atoms with Gasteiger partial charge in [-0.15, -0.1) is 0 Å². The van der Waals surface area contributed by atoms with E-state index in [1.807, 2.05) is 18.2 Å². The summed E-state index contributed by atoms with van der Waals surface area (Å²) in [6, 6.07) is 5.53. The molecule has 1 unspecified atom stereocenters. The molecule has 106 valence electrons. The summed E-state index contributed by atoms with van der Waals surface area (Å²) >= 11 is 0. The Morgan fingerprint density at radius 3 is 2.68 bits per heavy atom. The van der Waals surface area contributed by atoms with Gasteiger partial charge in [-0.05, 0) is 44.4 Å². The van der Waals surface area contributed by atoms with Crippen molar-refractivity contribution in [1.82, 2.24) is 0 Å². The number of ether oxygens (including phenoxy) is 3. The van der Waals surface area contributed by atoms with E-state index in [4.69, 9.17) is 14.2 Å². The Morgan fingerprint density at radius 1 is 1.32 bits per heavy atom. The van der Waals surface area contributed by atoms with Gasteiger partial charge in [0.25, 0.3) is 0 Å². The maximum absolute atomic E-state index is 10.0. The van der Waals surface area contributed by atoms with Gasteiger partial charge in [0.15, 0.2) is 11.5 Å². The monoisotopic (exact) mass is 266 g/mol. The van der Waals surface area contributed by atoms with Crippen molar-refractivity contribution >= 4 is 0 Å². The van der Waals surface area contributed by atoms with Gasteiger partial charge in [0.05, 0.1) is 19.3 Å². The van der Waals surface area contributed by atoms with Gasteiger partial charge in [-0.1, -0.05) is 6.07 Å². The molecule has 0 bridgehead atoms. The van der Waals surface area contributed by atoms with Crippen molar-refractivity contribution in [2.75, 3.05) is 20.3 Å². The molecule has 1 aliphatic heterocycles. The number of methoxy groups -OCH3 is 1. The Bertz CT molecular complexity index is 417. The predicted molar refractivity (Wildman–Crippen MR) is 72.7 cm³/mol. The third-order valence-corrected chi connectivity index (χ3v) is 3.28. The summed E-state index contributed by atoms with van der Waals surface area (Å²) in [5.74, 6) is 1.34. The van der Waals surface area contributed by atoms with E-state index in [-0.39, 0.29) is 6.10 Å². The zero-order valence-electron chi connectivity index (χ0n) is 11.8. The summed E-state index contributed by atoms with van der Waals surface area (Å²) < 4.78 is 16.7. The lowest BCUT2D eigenvalue weighted by molar-refractivity contribution is 0.00634. The Kier molecular flexibility index (Phi) is 4.32. The number of benzene rings is 1. The fraction of sp³-hybridized carbons (Fsp3) is 0.600. The Labute approximate surface area is 114 Å². The molecular weight excluding hydrogens is 244 g/mol. The second kappa shape index (κ2) is 5.80. The molecule has 2 rings (SSSR count). The van der Waals surface area contributed by atoms with Crippen LogP contribution in [0.25, 0.3) is 0 Å². The van der Waals surface area contributed by atoms with Gasteiger partial charge in [-0.25, -0.2) is 0 Å². The standard InChI is InChI=1S/C15H22O4/c1-15(2,16)11-6-7-13(14(9-11)17-3)19-12-5-4-8-18-10-12/h6-7,9,12,16H,4-5,8,10H2,1-3H3. The van der Waals surface area contributed by atoms with Crippen LogP contribution in [-0.2, 0) is 10.3 Å². The molecule has 19 heavy (non-hydrogen) atoms. The second-order valence-electron chi connectivity index (χ2n) is 5.38. The summed E-state index contributed by atoms with van der Waals surface area (Å²) in [6.07, 6.45) is 2.10.